The highest BCUT2D eigenvalue weighted by molar-refractivity contribution is 5.66. The van der Waals surface area contributed by atoms with Crippen molar-refractivity contribution in [3.63, 3.8) is 0 Å². The summed E-state index contributed by atoms with van der Waals surface area (Å²) in [5.74, 6) is -0.747. The van der Waals surface area contributed by atoms with Crippen molar-refractivity contribution in [3.05, 3.63) is 47.0 Å². The van der Waals surface area contributed by atoms with E-state index in [1.54, 1.807) is 10.8 Å². The van der Waals surface area contributed by atoms with Crippen LogP contribution >= 0.6 is 0 Å². The fourth-order valence-electron chi connectivity index (χ4n) is 2.37. The van der Waals surface area contributed by atoms with E-state index >= 15 is 0 Å². The van der Waals surface area contributed by atoms with Crippen molar-refractivity contribution in [3.8, 4) is 11.3 Å². The van der Waals surface area contributed by atoms with Crippen LogP contribution in [0.25, 0.3) is 11.3 Å². The summed E-state index contributed by atoms with van der Waals surface area (Å²) in [6.07, 6.45) is 5.34. The van der Waals surface area contributed by atoms with E-state index in [9.17, 15) is 9.59 Å². The summed E-state index contributed by atoms with van der Waals surface area (Å²) >= 11 is 0. The first kappa shape index (κ1) is 15.1. The highest BCUT2D eigenvalue weighted by Crippen LogP contribution is 2.17. The molecule has 0 fully saturated rings. The minimum atomic E-state index is -0.747. The van der Waals surface area contributed by atoms with Crippen molar-refractivity contribution >= 4 is 5.97 Å². The molecule has 0 aliphatic heterocycles. The van der Waals surface area contributed by atoms with E-state index in [0.717, 1.165) is 30.5 Å². The molecular formula is C16H20N2O3. The molecule has 2 aromatic rings. The van der Waals surface area contributed by atoms with Gasteiger partial charge < -0.3 is 10.1 Å². The fourth-order valence-corrected chi connectivity index (χ4v) is 2.37. The molecule has 21 heavy (non-hydrogen) atoms. The molecule has 2 N–H and O–H groups in total. The van der Waals surface area contributed by atoms with Gasteiger partial charge in [0.25, 0.3) is 0 Å². The molecule has 1 heterocycles. The number of rotatable bonds is 8. The Morgan fingerprint density at radius 2 is 1.81 bits per heavy atom. The average Bonchev–Trinajstić information content (AvgIpc) is 2.84. The van der Waals surface area contributed by atoms with Gasteiger partial charge in [0.2, 0.25) is 0 Å². The SMILES string of the molecule is O=C(O)CCCCCCn1c(-c2ccccc2)c[nH]c1=O. The van der Waals surface area contributed by atoms with Crippen LogP contribution < -0.4 is 5.69 Å². The van der Waals surface area contributed by atoms with Gasteiger partial charge in [-0.2, -0.15) is 0 Å². The third-order valence-electron chi connectivity index (χ3n) is 3.46. The minimum Gasteiger partial charge on any atom is -0.481 e. The molecular weight excluding hydrogens is 268 g/mol. The molecule has 0 aliphatic rings. The smallest absolute Gasteiger partial charge is 0.325 e. The van der Waals surface area contributed by atoms with Gasteiger partial charge >= 0.3 is 11.7 Å². The quantitative estimate of drug-likeness (QED) is 0.733. The predicted molar refractivity (Wildman–Crippen MR) is 81.2 cm³/mol. The standard InChI is InChI=1S/C16H20N2O3/c19-15(20)10-6-1-2-7-11-18-14(12-17-16(18)21)13-8-4-3-5-9-13/h3-5,8-9,12H,1-2,6-7,10-11H2,(H,17,21)(H,19,20). The van der Waals surface area contributed by atoms with Gasteiger partial charge in [0.05, 0.1) is 5.69 Å². The number of benzene rings is 1. The van der Waals surface area contributed by atoms with Crippen LogP contribution in [0.1, 0.15) is 32.1 Å². The monoisotopic (exact) mass is 288 g/mol. The van der Waals surface area contributed by atoms with Crippen LogP contribution in [0.3, 0.4) is 0 Å². The number of aromatic nitrogens is 2. The van der Waals surface area contributed by atoms with Crippen LogP contribution in [-0.4, -0.2) is 20.6 Å². The predicted octanol–water partition coefficient (Wildman–Crippen LogP) is 2.88. The van der Waals surface area contributed by atoms with E-state index in [1.807, 2.05) is 30.3 Å². The number of hydrogen-bond donors (Lipinski definition) is 2. The molecule has 1 aromatic heterocycles. The zero-order chi connectivity index (χ0) is 15.1. The van der Waals surface area contributed by atoms with E-state index in [2.05, 4.69) is 4.98 Å². The molecule has 0 aliphatic carbocycles. The van der Waals surface area contributed by atoms with Crippen molar-refractivity contribution in [2.45, 2.75) is 38.6 Å². The second-order valence-electron chi connectivity index (χ2n) is 5.05. The van der Waals surface area contributed by atoms with Crippen molar-refractivity contribution < 1.29 is 9.90 Å². The van der Waals surface area contributed by atoms with Gasteiger partial charge in [0.15, 0.2) is 0 Å². The Bertz CT molecular complexity index is 628. The van der Waals surface area contributed by atoms with E-state index in [-0.39, 0.29) is 12.1 Å². The lowest BCUT2D eigenvalue weighted by Crippen LogP contribution is -2.17. The van der Waals surface area contributed by atoms with Crippen molar-refractivity contribution in [2.75, 3.05) is 0 Å². The van der Waals surface area contributed by atoms with E-state index in [0.29, 0.717) is 13.0 Å². The maximum Gasteiger partial charge on any atom is 0.325 e. The van der Waals surface area contributed by atoms with Gasteiger partial charge in [-0.15, -0.1) is 0 Å². The summed E-state index contributed by atoms with van der Waals surface area (Å²) in [4.78, 5) is 25.0. The molecule has 5 heteroatoms. The lowest BCUT2D eigenvalue weighted by Gasteiger charge is -2.07. The van der Waals surface area contributed by atoms with Crippen LogP contribution in [0.4, 0.5) is 0 Å². The molecule has 0 bridgehead atoms. The van der Waals surface area contributed by atoms with E-state index in [1.165, 1.54) is 0 Å². The second-order valence-corrected chi connectivity index (χ2v) is 5.05. The molecule has 0 atom stereocenters. The summed E-state index contributed by atoms with van der Waals surface area (Å²) in [7, 11) is 0. The first-order chi connectivity index (χ1) is 10.2. The first-order valence-electron chi connectivity index (χ1n) is 7.24. The van der Waals surface area contributed by atoms with Gasteiger partial charge in [-0.1, -0.05) is 43.2 Å². The molecule has 0 radical (unpaired) electrons. The van der Waals surface area contributed by atoms with E-state index in [4.69, 9.17) is 5.11 Å². The number of carbonyl (C=O) groups is 1. The number of hydrogen-bond acceptors (Lipinski definition) is 2. The number of carboxylic acids is 1. The van der Waals surface area contributed by atoms with Crippen LogP contribution in [0, 0.1) is 0 Å². The number of imidazole rings is 1. The topological polar surface area (TPSA) is 75.1 Å². The van der Waals surface area contributed by atoms with Crippen LogP contribution in [0.15, 0.2) is 41.3 Å². The highest BCUT2D eigenvalue weighted by atomic mass is 16.4. The summed E-state index contributed by atoms with van der Waals surface area (Å²) in [6, 6.07) is 9.80. The average molecular weight is 288 g/mol. The van der Waals surface area contributed by atoms with Gasteiger partial charge in [0.1, 0.15) is 0 Å². The lowest BCUT2D eigenvalue weighted by atomic mass is 10.1. The third kappa shape index (κ3) is 4.34. The molecule has 0 unspecified atom stereocenters. The number of aliphatic carboxylic acids is 1. The lowest BCUT2D eigenvalue weighted by molar-refractivity contribution is -0.137. The number of nitrogens with one attached hydrogen (secondary N) is 1. The maximum absolute atomic E-state index is 11.9. The molecule has 0 saturated heterocycles. The number of unbranched alkanes of at least 4 members (excludes halogenated alkanes) is 3. The number of aromatic amines is 1. The zero-order valence-corrected chi connectivity index (χ0v) is 11.9. The Kier molecular flexibility index (Phi) is 5.37. The number of nitrogens with zero attached hydrogens (tertiary/aromatic N) is 1. The molecule has 0 spiro atoms. The van der Waals surface area contributed by atoms with Gasteiger partial charge in [-0.25, -0.2) is 4.79 Å². The van der Waals surface area contributed by atoms with Crippen LogP contribution in [0.5, 0.6) is 0 Å². The number of carboxylic acid groups (broad SMARTS) is 1. The molecule has 112 valence electrons. The zero-order valence-electron chi connectivity index (χ0n) is 11.9. The largest absolute Gasteiger partial charge is 0.481 e. The van der Waals surface area contributed by atoms with Crippen LogP contribution in [-0.2, 0) is 11.3 Å². The summed E-state index contributed by atoms with van der Waals surface area (Å²) in [6.45, 7) is 0.652. The van der Waals surface area contributed by atoms with E-state index < -0.39 is 5.97 Å². The van der Waals surface area contributed by atoms with Crippen molar-refractivity contribution in [2.24, 2.45) is 0 Å². The van der Waals surface area contributed by atoms with Crippen molar-refractivity contribution in [1.29, 1.82) is 0 Å². The van der Waals surface area contributed by atoms with Gasteiger partial charge in [-0.05, 0) is 18.4 Å². The molecule has 2 rings (SSSR count). The minimum absolute atomic E-state index is 0.0978. The molecule has 0 saturated carbocycles. The normalized spacial score (nSPS) is 10.7. The Balaban J connectivity index is 1.90. The fraction of sp³-hybridized carbons (Fsp3) is 0.375. The summed E-state index contributed by atoms with van der Waals surface area (Å²) < 4.78 is 1.74. The second kappa shape index (κ2) is 7.47. The Hall–Kier alpha value is -2.30. The maximum atomic E-state index is 11.9. The highest BCUT2D eigenvalue weighted by Gasteiger charge is 2.07. The molecule has 1 aromatic carbocycles. The Morgan fingerprint density at radius 3 is 2.52 bits per heavy atom. The summed E-state index contributed by atoms with van der Waals surface area (Å²) in [5, 5.41) is 8.57. The van der Waals surface area contributed by atoms with Gasteiger partial charge in [0, 0.05) is 19.2 Å². The Morgan fingerprint density at radius 1 is 1.10 bits per heavy atom. The van der Waals surface area contributed by atoms with Crippen molar-refractivity contribution in [1.82, 2.24) is 9.55 Å². The van der Waals surface area contributed by atoms with Crippen LogP contribution in [0.2, 0.25) is 0 Å². The number of H-pyrrole nitrogens is 1. The Labute approximate surface area is 123 Å². The first-order valence-corrected chi connectivity index (χ1v) is 7.24. The van der Waals surface area contributed by atoms with Gasteiger partial charge in [-0.3, -0.25) is 9.36 Å². The summed E-state index contributed by atoms with van der Waals surface area (Å²) in [5.41, 5.74) is 1.81. The molecule has 0 amide bonds. The third-order valence-corrected chi connectivity index (χ3v) is 3.46. The molecule has 5 nitrogen and oxygen atoms in total.